The Morgan fingerprint density at radius 3 is 2.57 bits per heavy atom. The van der Waals surface area contributed by atoms with Gasteiger partial charge in [-0.15, -0.1) is 0 Å². The van der Waals surface area contributed by atoms with Crippen LogP contribution in [0.1, 0.15) is 31.3 Å². The lowest BCUT2D eigenvalue weighted by Crippen LogP contribution is -2.45. The SMILES string of the molecule is CC(C)n1ncnc1CC(CN)(C(=O)O)c1ccccc1. The van der Waals surface area contributed by atoms with Gasteiger partial charge in [-0.25, -0.2) is 9.67 Å². The second kappa shape index (κ2) is 6.05. The molecule has 0 aliphatic rings. The maximum absolute atomic E-state index is 11.9. The third-order valence-corrected chi connectivity index (χ3v) is 3.68. The van der Waals surface area contributed by atoms with Gasteiger partial charge in [0, 0.05) is 19.0 Å². The molecule has 0 amide bonds. The lowest BCUT2D eigenvalue weighted by atomic mass is 9.77. The summed E-state index contributed by atoms with van der Waals surface area (Å²) in [7, 11) is 0. The molecule has 6 nitrogen and oxygen atoms in total. The van der Waals surface area contributed by atoms with Gasteiger partial charge in [0.05, 0.1) is 0 Å². The predicted molar refractivity (Wildman–Crippen MR) is 78.9 cm³/mol. The number of carboxylic acid groups (broad SMARTS) is 1. The summed E-state index contributed by atoms with van der Waals surface area (Å²) >= 11 is 0. The molecule has 112 valence electrons. The van der Waals surface area contributed by atoms with Crippen LogP contribution in [0.5, 0.6) is 0 Å². The minimum atomic E-state index is -1.19. The summed E-state index contributed by atoms with van der Waals surface area (Å²) in [6.07, 6.45) is 1.66. The molecular formula is C15H20N4O2. The van der Waals surface area contributed by atoms with Gasteiger partial charge in [-0.05, 0) is 19.4 Å². The number of nitrogens with zero attached hydrogens (tertiary/aromatic N) is 3. The summed E-state index contributed by atoms with van der Waals surface area (Å²) in [4.78, 5) is 16.1. The summed E-state index contributed by atoms with van der Waals surface area (Å²) in [5.41, 5.74) is 5.33. The van der Waals surface area contributed by atoms with E-state index in [-0.39, 0.29) is 19.0 Å². The molecule has 6 heteroatoms. The van der Waals surface area contributed by atoms with Crippen molar-refractivity contribution in [2.24, 2.45) is 5.73 Å². The molecule has 2 aromatic rings. The molecule has 1 aromatic heterocycles. The van der Waals surface area contributed by atoms with Crippen LogP contribution >= 0.6 is 0 Å². The van der Waals surface area contributed by atoms with E-state index in [1.165, 1.54) is 6.33 Å². The molecule has 0 radical (unpaired) electrons. The Hall–Kier alpha value is -2.21. The van der Waals surface area contributed by atoms with Gasteiger partial charge < -0.3 is 10.8 Å². The first-order chi connectivity index (χ1) is 10.0. The van der Waals surface area contributed by atoms with E-state index in [1.54, 1.807) is 16.8 Å². The molecule has 0 aliphatic carbocycles. The minimum Gasteiger partial charge on any atom is -0.481 e. The van der Waals surface area contributed by atoms with Crippen molar-refractivity contribution >= 4 is 5.97 Å². The zero-order valence-corrected chi connectivity index (χ0v) is 12.2. The lowest BCUT2D eigenvalue weighted by molar-refractivity contribution is -0.143. The van der Waals surface area contributed by atoms with Crippen LogP contribution in [0.4, 0.5) is 0 Å². The number of aliphatic carboxylic acids is 1. The summed E-state index contributed by atoms with van der Waals surface area (Å²) < 4.78 is 1.73. The minimum absolute atomic E-state index is 0.00268. The van der Waals surface area contributed by atoms with Crippen molar-refractivity contribution in [3.63, 3.8) is 0 Å². The second-order valence-corrected chi connectivity index (χ2v) is 5.35. The maximum Gasteiger partial charge on any atom is 0.315 e. The van der Waals surface area contributed by atoms with Crippen LogP contribution in [0.3, 0.4) is 0 Å². The first-order valence-corrected chi connectivity index (χ1v) is 6.88. The first kappa shape index (κ1) is 15.2. The molecule has 1 heterocycles. The Morgan fingerprint density at radius 1 is 1.38 bits per heavy atom. The third kappa shape index (κ3) is 2.80. The molecule has 2 rings (SSSR count). The van der Waals surface area contributed by atoms with Crippen molar-refractivity contribution in [1.82, 2.24) is 14.8 Å². The number of hydrogen-bond donors (Lipinski definition) is 2. The highest BCUT2D eigenvalue weighted by Crippen LogP contribution is 2.28. The molecule has 0 bridgehead atoms. The topological polar surface area (TPSA) is 94.0 Å². The number of rotatable bonds is 6. The van der Waals surface area contributed by atoms with Gasteiger partial charge >= 0.3 is 5.97 Å². The van der Waals surface area contributed by atoms with Gasteiger partial charge in [0.15, 0.2) is 0 Å². The highest BCUT2D eigenvalue weighted by Gasteiger charge is 2.40. The van der Waals surface area contributed by atoms with Crippen LogP contribution in [0.2, 0.25) is 0 Å². The molecule has 21 heavy (non-hydrogen) atoms. The molecule has 1 atom stereocenters. The molecule has 0 fully saturated rings. The lowest BCUT2D eigenvalue weighted by Gasteiger charge is -2.28. The van der Waals surface area contributed by atoms with Crippen molar-refractivity contribution in [3.8, 4) is 0 Å². The van der Waals surface area contributed by atoms with E-state index in [0.717, 1.165) is 0 Å². The normalized spacial score (nSPS) is 14.1. The Bertz CT molecular complexity index is 609. The van der Waals surface area contributed by atoms with Crippen molar-refractivity contribution in [2.45, 2.75) is 31.7 Å². The van der Waals surface area contributed by atoms with Crippen LogP contribution in [0, 0.1) is 0 Å². The van der Waals surface area contributed by atoms with E-state index in [4.69, 9.17) is 5.73 Å². The number of benzene rings is 1. The molecular weight excluding hydrogens is 268 g/mol. The van der Waals surface area contributed by atoms with E-state index >= 15 is 0 Å². The Morgan fingerprint density at radius 2 is 2.05 bits per heavy atom. The Kier molecular flexibility index (Phi) is 4.37. The smallest absolute Gasteiger partial charge is 0.315 e. The number of carboxylic acids is 1. The summed E-state index contributed by atoms with van der Waals surface area (Å²) in [6.45, 7) is 3.95. The summed E-state index contributed by atoms with van der Waals surface area (Å²) in [5.74, 6) is -0.323. The fourth-order valence-electron chi connectivity index (χ4n) is 2.44. The van der Waals surface area contributed by atoms with Crippen LogP contribution in [0.15, 0.2) is 36.7 Å². The Balaban J connectivity index is 2.47. The molecule has 1 aromatic carbocycles. The monoisotopic (exact) mass is 288 g/mol. The van der Waals surface area contributed by atoms with E-state index in [0.29, 0.717) is 11.4 Å². The number of hydrogen-bond acceptors (Lipinski definition) is 4. The standard InChI is InChI=1S/C15H20N4O2/c1-11(2)19-13(17-10-18-19)8-15(9-16,14(20)21)12-6-4-3-5-7-12/h3-7,10-11H,8-9,16H2,1-2H3,(H,20,21). The van der Waals surface area contributed by atoms with Crippen molar-refractivity contribution in [3.05, 3.63) is 48.0 Å². The average molecular weight is 288 g/mol. The highest BCUT2D eigenvalue weighted by molar-refractivity contribution is 5.82. The molecule has 0 saturated heterocycles. The fraction of sp³-hybridized carbons (Fsp3) is 0.400. The zero-order chi connectivity index (χ0) is 15.5. The highest BCUT2D eigenvalue weighted by atomic mass is 16.4. The summed E-state index contributed by atoms with van der Waals surface area (Å²) in [6, 6.07) is 9.17. The fourth-order valence-corrected chi connectivity index (χ4v) is 2.44. The van der Waals surface area contributed by atoms with Crippen molar-refractivity contribution in [2.75, 3.05) is 6.54 Å². The maximum atomic E-state index is 11.9. The molecule has 0 spiro atoms. The molecule has 0 saturated carbocycles. The first-order valence-electron chi connectivity index (χ1n) is 6.88. The van der Waals surface area contributed by atoms with E-state index in [2.05, 4.69) is 10.1 Å². The largest absolute Gasteiger partial charge is 0.481 e. The van der Waals surface area contributed by atoms with Crippen molar-refractivity contribution < 1.29 is 9.90 Å². The summed E-state index contributed by atoms with van der Waals surface area (Å²) in [5, 5.41) is 13.9. The second-order valence-electron chi connectivity index (χ2n) is 5.35. The number of aromatic nitrogens is 3. The van der Waals surface area contributed by atoms with Crippen LogP contribution in [-0.4, -0.2) is 32.4 Å². The molecule has 3 N–H and O–H groups in total. The van der Waals surface area contributed by atoms with Gasteiger partial charge in [-0.3, -0.25) is 4.79 Å². The van der Waals surface area contributed by atoms with E-state index in [1.807, 2.05) is 32.0 Å². The van der Waals surface area contributed by atoms with E-state index in [9.17, 15) is 9.90 Å². The zero-order valence-electron chi connectivity index (χ0n) is 12.2. The molecule has 1 unspecified atom stereocenters. The Labute approximate surface area is 123 Å². The number of carbonyl (C=O) groups is 1. The van der Waals surface area contributed by atoms with Gasteiger partial charge in [-0.2, -0.15) is 5.10 Å². The van der Waals surface area contributed by atoms with Crippen LogP contribution in [0.25, 0.3) is 0 Å². The average Bonchev–Trinajstić information content (AvgIpc) is 2.93. The van der Waals surface area contributed by atoms with Gasteiger partial charge in [0.25, 0.3) is 0 Å². The van der Waals surface area contributed by atoms with Gasteiger partial charge in [-0.1, -0.05) is 30.3 Å². The quantitative estimate of drug-likeness (QED) is 0.837. The van der Waals surface area contributed by atoms with Gasteiger partial charge in [0.2, 0.25) is 0 Å². The van der Waals surface area contributed by atoms with Crippen LogP contribution < -0.4 is 5.73 Å². The molecule has 0 aliphatic heterocycles. The van der Waals surface area contributed by atoms with E-state index < -0.39 is 11.4 Å². The predicted octanol–water partition coefficient (Wildman–Crippen LogP) is 1.38. The number of nitrogens with two attached hydrogens (primary N) is 1. The van der Waals surface area contributed by atoms with Crippen LogP contribution in [-0.2, 0) is 16.6 Å². The van der Waals surface area contributed by atoms with Crippen molar-refractivity contribution in [1.29, 1.82) is 0 Å². The third-order valence-electron chi connectivity index (χ3n) is 3.68. The van der Waals surface area contributed by atoms with Gasteiger partial charge in [0.1, 0.15) is 17.6 Å².